The number of hydrogen-bond donors (Lipinski definition) is 1. The number of methoxy groups -OCH3 is 1. The van der Waals surface area contributed by atoms with Crippen LogP contribution < -0.4 is 5.32 Å². The van der Waals surface area contributed by atoms with E-state index in [1.165, 1.54) is 7.11 Å². The maximum atomic E-state index is 11.6. The van der Waals surface area contributed by atoms with Crippen molar-refractivity contribution in [2.75, 3.05) is 26.9 Å². The highest BCUT2D eigenvalue weighted by Crippen LogP contribution is 2.06. The average Bonchev–Trinajstić information content (AvgIpc) is 2.33. The lowest BCUT2D eigenvalue weighted by Gasteiger charge is -2.22. The molecule has 1 N–H and O–H groups in total. The van der Waals surface area contributed by atoms with Crippen LogP contribution in [0.1, 0.15) is 34.1 Å². The molecule has 0 aliphatic carbocycles. The highest BCUT2D eigenvalue weighted by molar-refractivity contribution is 5.75. The Balaban J connectivity index is 4.24. The topological polar surface area (TPSA) is 56.8 Å². The van der Waals surface area contributed by atoms with E-state index in [2.05, 4.69) is 19.2 Å². The number of esters is 1. The normalized spacial score (nSPS) is 13.1. The zero-order valence-corrected chi connectivity index (χ0v) is 12.2. The SMILES string of the molecule is CCOC(CNC(CC(C)C)C(=O)OC)OCC. The van der Waals surface area contributed by atoms with Gasteiger partial charge >= 0.3 is 5.97 Å². The Morgan fingerprint density at radius 2 is 1.72 bits per heavy atom. The molecule has 18 heavy (non-hydrogen) atoms. The van der Waals surface area contributed by atoms with Crippen molar-refractivity contribution in [2.24, 2.45) is 5.92 Å². The fourth-order valence-electron chi connectivity index (χ4n) is 1.65. The average molecular weight is 261 g/mol. The van der Waals surface area contributed by atoms with Crippen molar-refractivity contribution in [3.05, 3.63) is 0 Å². The lowest BCUT2D eigenvalue weighted by Crippen LogP contribution is -2.43. The predicted octanol–water partition coefficient (Wildman–Crippen LogP) is 1.56. The summed E-state index contributed by atoms with van der Waals surface area (Å²) in [5, 5.41) is 3.15. The van der Waals surface area contributed by atoms with Crippen molar-refractivity contribution < 1.29 is 19.0 Å². The standard InChI is InChI=1S/C13H27NO4/c1-6-17-12(18-7-2)9-14-11(8-10(3)4)13(15)16-5/h10-12,14H,6-9H2,1-5H3. The molecule has 5 heteroatoms. The largest absolute Gasteiger partial charge is 0.468 e. The Morgan fingerprint density at radius 1 is 1.17 bits per heavy atom. The summed E-state index contributed by atoms with van der Waals surface area (Å²) in [6, 6.07) is -0.307. The quantitative estimate of drug-likeness (QED) is 0.478. The molecule has 5 nitrogen and oxygen atoms in total. The molecule has 1 unspecified atom stereocenters. The zero-order valence-electron chi connectivity index (χ0n) is 12.2. The van der Waals surface area contributed by atoms with Gasteiger partial charge in [0.15, 0.2) is 6.29 Å². The highest BCUT2D eigenvalue weighted by atomic mass is 16.7. The smallest absolute Gasteiger partial charge is 0.322 e. The van der Waals surface area contributed by atoms with Gasteiger partial charge in [-0.15, -0.1) is 0 Å². The van der Waals surface area contributed by atoms with E-state index in [9.17, 15) is 4.79 Å². The van der Waals surface area contributed by atoms with E-state index in [0.29, 0.717) is 25.7 Å². The van der Waals surface area contributed by atoms with Crippen LogP contribution in [0.5, 0.6) is 0 Å². The minimum Gasteiger partial charge on any atom is -0.468 e. The second kappa shape index (κ2) is 10.3. The number of carbonyl (C=O) groups is 1. The van der Waals surface area contributed by atoms with Crippen LogP contribution in [-0.2, 0) is 19.0 Å². The van der Waals surface area contributed by atoms with E-state index < -0.39 is 0 Å². The fourth-order valence-corrected chi connectivity index (χ4v) is 1.65. The molecule has 0 saturated carbocycles. The molecular weight excluding hydrogens is 234 g/mol. The lowest BCUT2D eigenvalue weighted by molar-refractivity contribution is -0.147. The second-order valence-electron chi connectivity index (χ2n) is 4.45. The van der Waals surface area contributed by atoms with Crippen molar-refractivity contribution in [3.63, 3.8) is 0 Å². The molecule has 0 aromatic heterocycles. The first kappa shape index (κ1) is 17.4. The Morgan fingerprint density at radius 3 is 2.11 bits per heavy atom. The van der Waals surface area contributed by atoms with Crippen LogP contribution in [0.2, 0.25) is 0 Å². The molecule has 0 radical (unpaired) electrons. The summed E-state index contributed by atoms with van der Waals surface area (Å²) in [7, 11) is 1.40. The van der Waals surface area contributed by atoms with E-state index in [-0.39, 0.29) is 18.3 Å². The first-order valence-corrected chi connectivity index (χ1v) is 6.59. The summed E-state index contributed by atoms with van der Waals surface area (Å²) in [6.45, 7) is 9.61. The van der Waals surface area contributed by atoms with Crippen LogP contribution in [0.4, 0.5) is 0 Å². The zero-order chi connectivity index (χ0) is 14.0. The monoisotopic (exact) mass is 261 g/mol. The number of nitrogens with one attached hydrogen (secondary N) is 1. The van der Waals surface area contributed by atoms with Gasteiger partial charge < -0.3 is 14.2 Å². The molecule has 0 fully saturated rings. The summed E-state index contributed by atoms with van der Waals surface area (Å²) in [5.41, 5.74) is 0. The van der Waals surface area contributed by atoms with Gasteiger partial charge in [-0.2, -0.15) is 0 Å². The summed E-state index contributed by atoms with van der Waals surface area (Å²) >= 11 is 0. The van der Waals surface area contributed by atoms with Crippen LogP contribution in [-0.4, -0.2) is 45.2 Å². The third-order valence-corrected chi connectivity index (χ3v) is 2.43. The van der Waals surface area contributed by atoms with Gasteiger partial charge in [0.2, 0.25) is 0 Å². The molecule has 0 spiro atoms. The van der Waals surface area contributed by atoms with Crippen LogP contribution in [0.3, 0.4) is 0 Å². The van der Waals surface area contributed by atoms with Crippen molar-refractivity contribution >= 4 is 5.97 Å². The van der Waals surface area contributed by atoms with Gasteiger partial charge in [0, 0.05) is 19.8 Å². The molecule has 0 aliphatic heterocycles. The molecule has 0 bridgehead atoms. The van der Waals surface area contributed by atoms with Gasteiger partial charge in [0.25, 0.3) is 0 Å². The molecule has 0 amide bonds. The number of carbonyl (C=O) groups excluding carboxylic acids is 1. The highest BCUT2D eigenvalue weighted by Gasteiger charge is 2.21. The van der Waals surface area contributed by atoms with Gasteiger partial charge in [-0.05, 0) is 26.2 Å². The minimum atomic E-state index is -0.320. The predicted molar refractivity (Wildman–Crippen MR) is 70.3 cm³/mol. The van der Waals surface area contributed by atoms with Gasteiger partial charge in [-0.25, -0.2) is 0 Å². The second-order valence-corrected chi connectivity index (χ2v) is 4.45. The van der Waals surface area contributed by atoms with Crippen LogP contribution in [0, 0.1) is 5.92 Å². The lowest BCUT2D eigenvalue weighted by atomic mass is 10.0. The minimum absolute atomic E-state index is 0.240. The van der Waals surface area contributed by atoms with Gasteiger partial charge in [-0.1, -0.05) is 13.8 Å². The Labute approximate surface area is 110 Å². The fraction of sp³-hybridized carbons (Fsp3) is 0.923. The van der Waals surface area contributed by atoms with Gasteiger partial charge in [-0.3, -0.25) is 10.1 Å². The first-order valence-electron chi connectivity index (χ1n) is 6.59. The van der Waals surface area contributed by atoms with Crippen LogP contribution >= 0.6 is 0 Å². The van der Waals surface area contributed by atoms with E-state index >= 15 is 0 Å². The van der Waals surface area contributed by atoms with Crippen LogP contribution in [0.15, 0.2) is 0 Å². The number of rotatable bonds is 10. The third-order valence-electron chi connectivity index (χ3n) is 2.43. The summed E-state index contributed by atoms with van der Waals surface area (Å²) in [6.07, 6.45) is 0.414. The van der Waals surface area contributed by atoms with Gasteiger partial charge in [0.1, 0.15) is 6.04 Å². The molecule has 0 saturated heterocycles. The van der Waals surface area contributed by atoms with E-state index in [0.717, 1.165) is 6.42 Å². The Bertz CT molecular complexity index is 215. The first-order chi connectivity index (χ1) is 8.54. The Hall–Kier alpha value is -0.650. The van der Waals surface area contributed by atoms with E-state index in [1.807, 2.05) is 13.8 Å². The molecule has 0 aromatic rings. The summed E-state index contributed by atoms with van der Waals surface area (Å²) in [4.78, 5) is 11.6. The van der Waals surface area contributed by atoms with E-state index in [4.69, 9.17) is 14.2 Å². The molecule has 0 aromatic carbocycles. The van der Waals surface area contributed by atoms with Crippen molar-refractivity contribution in [2.45, 2.75) is 46.4 Å². The molecule has 0 aliphatic rings. The number of ether oxygens (including phenoxy) is 3. The maximum Gasteiger partial charge on any atom is 0.322 e. The number of hydrogen-bond acceptors (Lipinski definition) is 5. The molecule has 1 atom stereocenters. The Kier molecular flexibility index (Phi) is 9.92. The third kappa shape index (κ3) is 7.63. The van der Waals surface area contributed by atoms with Crippen molar-refractivity contribution in [3.8, 4) is 0 Å². The molecule has 0 rings (SSSR count). The molecule has 108 valence electrons. The summed E-state index contributed by atoms with van der Waals surface area (Å²) < 4.78 is 15.6. The van der Waals surface area contributed by atoms with Crippen molar-refractivity contribution in [1.82, 2.24) is 5.32 Å². The van der Waals surface area contributed by atoms with Crippen molar-refractivity contribution in [1.29, 1.82) is 0 Å². The molecule has 0 heterocycles. The van der Waals surface area contributed by atoms with Gasteiger partial charge in [0.05, 0.1) is 7.11 Å². The maximum absolute atomic E-state index is 11.6. The van der Waals surface area contributed by atoms with Crippen LogP contribution in [0.25, 0.3) is 0 Å². The molecular formula is C13H27NO4. The van der Waals surface area contributed by atoms with E-state index in [1.54, 1.807) is 0 Å². The summed E-state index contributed by atoms with van der Waals surface area (Å²) in [5.74, 6) is 0.176.